The lowest BCUT2D eigenvalue weighted by molar-refractivity contribution is 0.102. The monoisotopic (exact) mass is 258 g/mol. The van der Waals surface area contributed by atoms with Crippen LogP contribution < -0.4 is 10.6 Å². The molecule has 100 valence electrons. The number of aromatic nitrogens is 2. The number of amides is 1. The van der Waals surface area contributed by atoms with Crippen molar-refractivity contribution in [3.05, 3.63) is 47.8 Å². The molecule has 0 spiro atoms. The molecule has 19 heavy (non-hydrogen) atoms. The zero-order valence-corrected chi connectivity index (χ0v) is 11.2. The molecule has 1 aromatic heterocycles. The molecule has 0 saturated carbocycles. The minimum Gasteiger partial charge on any atom is -0.321 e. The number of benzene rings is 1. The quantitative estimate of drug-likeness (QED) is 0.859. The number of hydrogen-bond acceptors (Lipinski definition) is 3. The third-order valence-electron chi connectivity index (χ3n) is 2.74. The average molecular weight is 258 g/mol. The van der Waals surface area contributed by atoms with E-state index >= 15 is 0 Å². The molecule has 1 amide bonds. The zero-order valence-electron chi connectivity index (χ0n) is 11.2. The second kappa shape index (κ2) is 6.15. The van der Waals surface area contributed by atoms with Gasteiger partial charge in [-0.05, 0) is 30.3 Å². The number of rotatable bonds is 5. The van der Waals surface area contributed by atoms with Gasteiger partial charge < -0.3 is 10.6 Å². The van der Waals surface area contributed by atoms with Gasteiger partial charge in [-0.3, -0.25) is 9.48 Å². The van der Waals surface area contributed by atoms with Gasteiger partial charge in [0, 0.05) is 25.5 Å². The van der Waals surface area contributed by atoms with Crippen LogP contribution in [-0.4, -0.2) is 22.2 Å². The van der Waals surface area contributed by atoms with Gasteiger partial charge in [-0.2, -0.15) is 5.10 Å². The van der Waals surface area contributed by atoms with Crippen LogP contribution in [0.25, 0.3) is 0 Å². The molecule has 2 aromatic rings. The van der Waals surface area contributed by atoms with Gasteiger partial charge in [-0.25, -0.2) is 0 Å². The number of hydrogen-bond donors (Lipinski definition) is 2. The number of anilines is 1. The van der Waals surface area contributed by atoms with Gasteiger partial charge in [-0.1, -0.05) is 19.1 Å². The first-order valence-corrected chi connectivity index (χ1v) is 6.29. The number of nitrogens with one attached hydrogen (secondary N) is 2. The van der Waals surface area contributed by atoms with Crippen molar-refractivity contribution < 1.29 is 4.79 Å². The lowest BCUT2D eigenvalue weighted by Gasteiger charge is -2.05. The van der Waals surface area contributed by atoms with Crippen LogP contribution in [0.1, 0.15) is 23.0 Å². The van der Waals surface area contributed by atoms with Crippen LogP contribution in [-0.2, 0) is 13.6 Å². The van der Waals surface area contributed by atoms with Crippen LogP contribution in [0.4, 0.5) is 5.69 Å². The van der Waals surface area contributed by atoms with Gasteiger partial charge >= 0.3 is 0 Å². The van der Waals surface area contributed by atoms with E-state index in [0.717, 1.165) is 18.8 Å². The summed E-state index contributed by atoms with van der Waals surface area (Å²) in [6.07, 6.45) is 1.74. The molecule has 0 aliphatic heterocycles. The molecule has 0 radical (unpaired) electrons. The Morgan fingerprint density at radius 3 is 2.58 bits per heavy atom. The predicted octanol–water partition coefficient (Wildman–Crippen LogP) is 1.78. The standard InChI is InChI=1S/C14H18N4O/c1-3-15-10-11-4-6-12(7-5-11)16-14(19)13-8-9-18(2)17-13/h4-9,15H,3,10H2,1-2H3,(H,16,19). The van der Waals surface area contributed by atoms with Crippen molar-refractivity contribution in [2.24, 2.45) is 7.05 Å². The first-order valence-electron chi connectivity index (χ1n) is 6.29. The fourth-order valence-electron chi connectivity index (χ4n) is 1.71. The van der Waals surface area contributed by atoms with E-state index in [4.69, 9.17) is 0 Å². The number of nitrogens with zero attached hydrogens (tertiary/aromatic N) is 2. The largest absolute Gasteiger partial charge is 0.321 e. The van der Waals surface area contributed by atoms with E-state index in [9.17, 15) is 4.79 Å². The third-order valence-corrected chi connectivity index (χ3v) is 2.74. The van der Waals surface area contributed by atoms with E-state index in [1.807, 2.05) is 24.3 Å². The Labute approximate surface area is 112 Å². The van der Waals surface area contributed by atoms with Crippen molar-refractivity contribution in [3.8, 4) is 0 Å². The van der Waals surface area contributed by atoms with E-state index in [1.165, 1.54) is 5.56 Å². The van der Waals surface area contributed by atoms with E-state index in [0.29, 0.717) is 5.69 Å². The Balaban J connectivity index is 1.97. The fourth-order valence-corrected chi connectivity index (χ4v) is 1.71. The summed E-state index contributed by atoms with van der Waals surface area (Å²) >= 11 is 0. The molecule has 0 saturated heterocycles. The van der Waals surface area contributed by atoms with Gasteiger partial charge in [0.2, 0.25) is 0 Å². The highest BCUT2D eigenvalue weighted by atomic mass is 16.1. The van der Waals surface area contributed by atoms with Crippen LogP contribution in [0.15, 0.2) is 36.5 Å². The summed E-state index contributed by atoms with van der Waals surface area (Å²) < 4.78 is 1.61. The summed E-state index contributed by atoms with van der Waals surface area (Å²) in [5.41, 5.74) is 2.38. The van der Waals surface area contributed by atoms with Crippen LogP contribution in [0.5, 0.6) is 0 Å². The highest BCUT2D eigenvalue weighted by Crippen LogP contribution is 2.10. The van der Waals surface area contributed by atoms with Gasteiger partial charge in [0.15, 0.2) is 5.69 Å². The van der Waals surface area contributed by atoms with Crippen molar-refractivity contribution >= 4 is 11.6 Å². The van der Waals surface area contributed by atoms with Gasteiger partial charge in [-0.15, -0.1) is 0 Å². The Morgan fingerprint density at radius 1 is 1.26 bits per heavy atom. The molecule has 1 heterocycles. The Bertz CT molecular complexity index is 545. The lowest BCUT2D eigenvalue weighted by Crippen LogP contribution is -2.14. The van der Waals surface area contributed by atoms with Gasteiger partial charge in [0.05, 0.1) is 0 Å². The van der Waals surface area contributed by atoms with Crippen LogP contribution in [0, 0.1) is 0 Å². The number of aryl methyl sites for hydroxylation is 1. The summed E-state index contributed by atoms with van der Waals surface area (Å²) in [5.74, 6) is -0.194. The summed E-state index contributed by atoms with van der Waals surface area (Å²) in [6.45, 7) is 3.85. The Morgan fingerprint density at radius 2 is 2.00 bits per heavy atom. The molecule has 0 atom stereocenters. The number of carbonyl (C=O) groups excluding carboxylic acids is 1. The minimum absolute atomic E-state index is 0.194. The molecule has 0 fully saturated rings. The van der Waals surface area contributed by atoms with Crippen LogP contribution in [0.3, 0.4) is 0 Å². The normalized spacial score (nSPS) is 10.4. The van der Waals surface area contributed by atoms with Crippen LogP contribution >= 0.6 is 0 Å². The molecule has 0 aliphatic carbocycles. The first-order chi connectivity index (χ1) is 9.19. The Hall–Kier alpha value is -2.14. The molecular weight excluding hydrogens is 240 g/mol. The maximum atomic E-state index is 11.9. The molecular formula is C14H18N4O. The summed E-state index contributed by atoms with van der Waals surface area (Å²) in [5, 5.41) is 10.1. The van der Waals surface area contributed by atoms with E-state index < -0.39 is 0 Å². The summed E-state index contributed by atoms with van der Waals surface area (Å²) in [4.78, 5) is 11.9. The highest BCUT2D eigenvalue weighted by molar-refractivity contribution is 6.02. The van der Waals surface area contributed by atoms with Crippen molar-refractivity contribution in [1.82, 2.24) is 15.1 Å². The molecule has 0 unspecified atom stereocenters. The number of carbonyl (C=O) groups is 1. The molecule has 2 N–H and O–H groups in total. The second-order valence-corrected chi connectivity index (χ2v) is 4.31. The minimum atomic E-state index is -0.194. The first kappa shape index (κ1) is 13.3. The fraction of sp³-hybridized carbons (Fsp3) is 0.286. The van der Waals surface area contributed by atoms with Gasteiger partial charge in [0.25, 0.3) is 5.91 Å². The second-order valence-electron chi connectivity index (χ2n) is 4.31. The molecule has 1 aromatic carbocycles. The highest BCUT2D eigenvalue weighted by Gasteiger charge is 2.08. The molecule has 0 bridgehead atoms. The van der Waals surface area contributed by atoms with Crippen LogP contribution in [0.2, 0.25) is 0 Å². The predicted molar refractivity (Wildman–Crippen MR) is 75.0 cm³/mol. The summed E-state index contributed by atoms with van der Waals surface area (Å²) in [7, 11) is 1.78. The lowest BCUT2D eigenvalue weighted by atomic mass is 10.2. The summed E-state index contributed by atoms with van der Waals surface area (Å²) in [6, 6.07) is 9.48. The van der Waals surface area contributed by atoms with E-state index in [1.54, 1.807) is 24.0 Å². The van der Waals surface area contributed by atoms with Crippen molar-refractivity contribution in [3.63, 3.8) is 0 Å². The maximum Gasteiger partial charge on any atom is 0.276 e. The molecule has 5 heteroatoms. The van der Waals surface area contributed by atoms with Crippen molar-refractivity contribution in [1.29, 1.82) is 0 Å². The topological polar surface area (TPSA) is 58.9 Å². The van der Waals surface area contributed by atoms with Crippen molar-refractivity contribution in [2.45, 2.75) is 13.5 Å². The Kier molecular flexibility index (Phi) is 4.30. The SMILES string of the molecule is CCNCc1ccc(NC(=O)c2ccn(C)n2)cc1. The molecule has 0 aliphatic rings. The van der Waals surface area contributed by atoms with Crippen molar-refractivity contribution in [2.75, 3.05) is 11.9 Å². The maximum absolute atomic E-state index is 11.9. The molecule has 2 rings (SSSR count). The van der Waals surface area contributed by atoms with Gasteiger partial charge in [0.1, 0.15) is 0 Å². The van der Waals surface area contributed by atoms with E-state index in [-0.39, 0.29) is 5.91 Å². The molecule has 5 nitrogen and oxygen atoms in total. The average Bonchev–Trinajstić information content (AvgIpc) is 2.85. The third kappa shape index (κ3) is 3.66. The van der Waals surface area contributed by atoms with E-state index in [2.05, 4.69) is 22.7 Å². The zero-order chi connectivity index (χ0) is 13.7. The smallest absolute Gasteiger partial charge is 0.276 e.